The summed E-state index contributed by atoms with van der Waals surface area (Å²) in [5, 5.41) is 4.53. The first-order valence-corrected chi connectivity index (χ1v) is 8.78. The molecule has 1 aromatic carbocycles. The zero-order valence-corrected chi connectivity index (χ0v) is 14.7. The van der Waals surface area contributed by atoms with Crippen LogP contribution in [0.3, 0.4) is 0 Å². The molecule has 0 N–H and O–H groups in total. The predicted octanol–water partition coefficient (Wildman–Crippen LogP) is 1.55. The predicted molar refractivity (Wildman–Crippen MR) is 100 cm³/mol. The van der Waals surface area contributed by atoms with Crippen LogP contribution in [0.1, 0.15) is 5.56 Å². The number of benzene rings is 1. The first-order valence-electron chi connectivity index (χ1n) is 8.78. The van der Waals surface area contributed by atoms with Crippen molar-refractivity contribution in [2.75, 3.05) is 36.0 Å². The summed E-state index contributed by atoms with van der Waals surface area (Å²) in [6.45, 7) is 3.28. The van der Waals surface area contributed by atoms with E-state index in [9.17, 15) is 9.18 Å². The van der Waals surface area contributed by atoms with Gasteiger partial charge < -0.3 is 9.80 Å². The molecule has 3 aromatic rings. The summed E-state index contributed by atoms with van der Waals surface area (Å²) >= 11 is 0. The Morgan fingerprint density at radius 3 is 2.26 bits per heavy atom. The van der Waals surface area contributed by atoms with Gasteiger partial charge in [0.1, 0.15) is 5.82 Å². The maximum atomic E-state index is 13.0. The Bertz CT molecular complexity index is 952. The Balaban J connectivity index is 1.46. The Morgan fingerprint density at radius 2 is 1.56 bits per heavy atom. The Hall–Kier alpha value is -3.29. The molecule has 0 radical (unpaired) electrons. The van der Waals surface area contributed by atoms with Gasteiger partial charge in [0.15, 0.2) is 5.82 Å². The molecule has 138 valence electrons. The van der Waals surface area contributed by atoms with E-state index < -0.39 is 5.82 Å². The van der Waals surface area contributed by atoms with Crippen molar-refractivity contribution in [1.29, 1.82) is 0 Å². The highest BCUT2D eigenvalue weighted by molar-refractivity contribution is 5.41. The second-order valence-corrected chi connectivity index (χ2v) is 6.35. The highest BCUT2D eigenvalue weighted by Crippen LogP contribution is 2.15. The molecule has 2 aromatic heterocycles. The molecule has 0 atom stereocenters. The first-order chi connectivity index (χ1) is 13.2. The van der Waals surface area contributed by atoms with Gasteiger partial charge in [0.05, 0.1) is 18.9 Å². The molecule has 7 nitrogen and oxygen atoms in total. The molecule has 0 unspecified atom stereocenters. The minimum Gasteiger partial charge on any atom is -0.352 e. The van der Waals surface area contributed by atoms with Gasteiger partial charge in [-0.2, -0.15) is 5.10 Å². The van der Waals surface area contributed by atoms with Gasteiger partial charge in [0, 0.05) is 32.2 Å². The molecule has 3 heterocycles. The van der Waals surface area contributed by atoms with Crippen LogP contribution in [0.2, 0.25) is 0 Å². The van der Waals surface area contributed by atoms with Gasteiger partial charge in [-0.25, -0.2) is 19.0 Å². The van der Waals surface area contributed by atoms with Gasteiger partial charge in [-0.1, -0.05) is 30.3 Å². The maximum absolute atomic E-state index is 13.0. The number of hydrogen-bond acceptors (Lipinski definition) is 6. The van der Waals surface area contributed by atoms with Crippen LogP contribution in [0.15, 0.2) is 59.7 Å². The summed E-state index contributed by atoms with van der Waals surface area (Å²) in [5.74, 6) is 0.852. The SMILES string of the molecule is O=c1ccc(N2CCN(c3ncc(F)cn3)CC2)nn1Cc1ccccc1. The number of rotatable bonds is 4. The average Bonchev–Trinajstić information content (AvgIpc) is 2.71. The molecule has 0 aliphatic carbocycles. The molecule has 0 spiro atoms. The fourth-order valence-electron chi connectivity index (χ4n) is 3.08. The quantitative estimate of drug-likeness (QED) is 0.698. The molecule has 0 saturated carbocycles. The van der Waals surface area contributed by atoms with Gasteiger partial charge in [-0.05, 0) is 11.6 Å². The molecule has 0 amide bonds. The van der Waals surface area contributed by atoms with E-state index in [2.05, 4.69) is 20.0 Å². The molecule has 1 saturated heterocycles. The van der Waals surface area contributed by atoms with Crippen molar-refractivity contribution in [2.45, 2.75) is 6.54 Å². The van der Waals surface area contributed by atoms with Crippen molar-refractivity contribution in [3.63, 3.8) is 0 Å². The number of piperazine rings is 1. The molecular weight excluding hydrogens is 347 g/mol. The van der Waals surface area contributed by atoms with Crippen LogP contribution < -0.4 is 15.4 Å². The van der Waals surface area contributed by atoms with Gasteiger partial charge in [-0.15, -0.1) is 0 Å². The minimum atomic E-state index is -0.442. The summed E-state index contributed by atoms with van der Waals surface area (Å²) in [6.07, 6.45) is 2.35. The van der Waals surface area contributed by atoms with Crippen LogP contribution in [-0.4, -0.2) is 45.9 Å². The van der Waals surface area contributed by atoms with Crippen molar-refractivity contribution in [2.24, 2.45) is 0 Å². The number of aromatic nitrogens is 4. The molecule has 27 heavy (non-hydrogen) atoms. The third-order valence-electron chi connectivity index (χ3n) is 4.52. The van der Waals surface area contributed by atoms with Crippen LogP contribution in [0.5, 0.6) is 0 Å². The van der Waals surface area contributed by atoms with Gasteiger partial charge in [0.2, 0.25) is 5.95 Å². The van der Waals surface area contributed by atoms with E-state index >= 15 is 0 Å². The standard InChI is InChI=1S/C19H19FN6O/c20-16-12-21-19(22-13-16)25-10-8-24(9-11-25)17-6-7-18(27)26(23-17)14-15-4-2-1-3-5-15/h1-7,12-13H,8-11,14H2. The van der Waals surface area contributed by atoms with Crippen LogP contribution in [-0.2, 0) is 6.54 Å². The normalized spacial score (nSPS) is 14.4. The fraction of sp³-hybridized carbons (Fsp3) is 0.263. The number of hydrogen-bond donors (Lipinski definition) is 0. The largest absolute Gasteiger partial charge is 0.352 e. The van der Waals surface area contributed by atoms with Gasteiger partial charge in [0.25, 0.3) is 5.56 Å². The highest BCUT2D eigenvalue weighted by Gasteiger charge is 2.20. The molecule has 0 bridgehead atoms. The maximum Gasteiger partial charge on any atom is 0.267 e. The monoisotopic (exact) mass is 366 g/mol. The Kier molecular flexibility index (Phi) is 4.78. The molecule has 1 aliphatic heterocycles. The summed E-state index contributed by atoms with van der Waals surface area (Å²) in [4.78, 5) is 24.4. The zero-order chi connectivity index (χ0) is 18.6. The van der Waals surface area contributed by atoms with Gasteiger partial charge in [-0.3, -0.25) is 4.79 Å². The third kappa shape index (κ3) is 3.94. The molecular formula is C19H19FN6O. The topological polar surface area (TPSA) is 67.2 Å². The van der Waals surface area contributed by atoms with E-state index in [1.54, 1.807) is 12.1 Å². The van der Waals surface area contributed by atoms with E-state index in [1.165, 1.54) is 17.1 Å². The highest BCUT2D eigenvalue weighted by atomic mass is 19.1. The van der Waals surface area contributed by atoms with E-state index in [4.69, 9.17) is 0 Å². The lowest BCUT2D eigenvalue weighted by Gasteiger charge is -2.35. The van der Waals surface area contributed by atoms with E-state index in [-0.39, 0.29) is 5.56 Å². The minimum absolute atomic E-state index is 0.124. The summed E-state index contributed by atoms with van der Waals surface area (Å²) in [7, 11) is 0. The molecule has 1 fully saturated rings. The van der Waals surface area contributed by atoms with E-state index in [0.29, 0.717) is 25.6 Å². The number of halogens is 1. The van der Waals surface area contributed by atoms with Crippen molar-refractivity contribution in [3.8, 4) is 0 Å². The van der Waals surface area contributed by atoms with E-state index in [1.807, 2.05) is 35.2 Å². The lowest BCUT2D eigenvalue weighted by molar-refractivity contribution is 0.589. The summed E-state index contributed by atoms with van der Waals surface area (Å²) < 4.78 is 14.5. The smallest absolute Gasteiger partial charge is 0.267 e. The van der Waals surface area contributed by atoms with Crippen molar-refractivity contribution in [1.82, 2.24) is 19.7 Å². The van der Waals surface area contributed by atoms with Crippen molar-refractivity contribution in [3.05, 3.63) is 76.6 Å². The lowest BCUT2D eigenvalue weighted by atomic mass is 10.2. The Morgan fingerprint density at radius 1 is 0.889 bits per heavy atom. The first kappa shape index (κ1) is 17.1. The third-order valence-corrected chi connectivity index (χ3v) is 4.52. The zero-order valence-electron chi connectivity index (χ0n) is 14.7. The van der Waals surface area contributed by atoms with E-state index in [0.717, 1.165) is 24.5 Å². The Labute approximate surface area is 155 Å². The number of anilines is 2. The van der Waals surface area contributed by atoms with Crippen molar-refractivity contribution < 1.29 is 4.39 Å². The van der Waals surface area contributed by atoms with Gasteiger partial charge >= 0.3 is 0 Å². The van der Waals surface area contributed by atoms with Crippen molar-refractivity contribution >= 4 is 11.8 Å². The second-order valence-electron chi connectivity index (χ2n) is 6.35. The summed E-state index contributed by atoms with van der Waals surface area (Å²) in [6, 6.07) is 13.1. The van der Waals surface area contributed by atoms with Crippen LogP contribution in [0.25, 0.3) is 0 Å². The fourth-order valence-corrected chi connectivity index (χ4v) is 3.08. The van der Waals surface area contributed by atoms with Crippen LogP contribution in [0, 0.1) is 5.82 Å². The average molecular weight is 366 g/mol. The number of nitrogens with zero attached hydrogens (tertiary/aromatic N) is 6. The second kappa shape index (κ2) is 7.53. The molecule has 4 rings (SSSR count). The lowest BCUT2D eigenvalue weighted by Crippen LogP contribution is -2.47. The van der Waals surface area contributed by atoms with Crippen LogP contribution >= 0.6 is 0 Å². The summed E-state index contributed by atoms with van der Waals surface area (Å²) in [5.41, 5.74) is 0.906. The van der Waals surface area contributed by atoms with Crippen LogP contribution in [0.4, 0.5) is 16.2 Å². The molecule has 8 heteroatoms. The molecule has 1 aliphatic rings.